The number of aliphatic hydroxyl groups is 1. The standard InChI is InChI=1S/C11H14N3O6/c1-5(15)12-6-4-8(20-9(6)10(17)18)14-3-2-7(16)13-11(14)19/h2-3,6,8-10,17H,4H2,1H3,(H,12,15)(H,13,16,19)/q-1/t6-,8+,9-,10?/m0/s1. The van der Waals surface area contributed by atoms with Gasteiger partial charge in [-0.3, -0.25) is 19.1 Å². The summed E-state index contributed by atoms with van der Waals surface area (Å²) in [6.45, 7) is 1.27. The summed E-state index contributed by atoms with van der Waals surface area (Å²) in [6.07, 6.45) is -2.69. The molecule has 4 atom stereocenters. The Labute approximate surface area is 112 Å². The molecule has 2 heterocycles. The van der Waals surface area contributed by atoms with Gasteiger partial charge in [-0.15, -0.1) is 0 Å². The molecule has 3 N–H and O–H groups in total. The van der Waals surface area contributed by atoms with Crippen LogP contribution in [-0.4, -0.2) is 39.0 Å². The van der Waals surface area contributed by atoms with Crippen molar-refractivity contribution in [3.8, 4) is 0 Å². The van der Waals surface area contributed by atoms with Gasteiger partial charge in [-0.2, -0.15) is 0 Å². The van der Waals surface area contributed by atoms with E-state index >= 15 is 0 Å². The Morgan fingerprint density at radius 3 is 2.90 bits per heavy atom. The van der Waals surface area contributed by atoms with E-state index in [1.807, 2.05) is 0 Å². The Hall–Kier alpha value is -1.97. The van der Waals surface area contributed by atoms with Crippen LogP contribution < -0.4 is 21.7 Å². The summed E-state index contributed by atoms with van der Waals surface area (Å²) < 4.78 is 6.40. The smallest absolute Gasteiger partial charge is 0.330 e. The zero-order valence-electron chi connectivity index (χ0n) is 10.6. The number of aromatic amines is 1. The van der Waals surface area contributed by atoms with Gasteiger partial charge in [0.1, 0.15) is 6.23 Å². The number of hydrogen-bond donors (Lipinski definition) is 3. The zero-order valence-corrected chi connectivity index (χ0v) is 10.6. The fourth-order valence-corrected chi connectivity index (χ4v) is 2.18. The minimum atomic E-state index is -2.05. The van der Waals surface area contributed by atoms with E-state index < -0.39 is 35.9 Å². The van der Waals surface area contributed by atoms with E-state index in [0.29, 0.717) is 0 Å². The first-order valence-electron chi connectivity index (χ1n) is 5.96. The molecule has 2 rings (SSSR count). The highest BCUT2D eigenvalue weighted by Crippen LogP contribution is 2.28. The number of carbonyl (C=O) groups is 1. The Balaban J connectivity index is 2.25. The van der Waals surface area contributed by atoms with Crippen molar-refractivity contribution in [2.45, 2.75) is 38.0 Å². The van der Waals surface area contributed by atoms with E-state index in [1.54, 1.807) is 0 Å². The molecule has 0 bridgehead atoms. The predicted octanol–water partition coefficient (Wildman–Crippen LogP) is -2.99. The van der Waals surface area contributed by atoms with Gasteiger partial charge in [-0.05, 0) is 0 Å². The van der Waals surface area contributed by atoms with Crippen molar-refractivity contribution in [2.75, 3.05) is 0 Å². The summed E-state index contributed by atoms with van der Waals surface area (Å²) in [6, 6.07) is 0.433. The summed E-state index contributed by atoms with van der Waals surface area (Å²) >= 11 is 0. The predicted molar refractivity (Wildman–Crippen MR) is 63.5 cm³/mol. The lowest BCUT2D eigenvalue weighted by Crippen LogP contribution is -2.50. The second-order valence-corrected chi connectivity index (χ2v) is 4.51. The molecule has 1 aliphatic rings. The van der Waals surface area contributed by atoms with Gasteiger partial charge in [0, 0.05) is 31.9 Å². The molecule has 0 saturated carbocycles. The van der Waals surface area contributed by atoms with Gasteiger partial charge in [0.2, 0.25) is 5.91 Å². The number of amides is 1. The highest BCUT2D eigenvalue weighted by Gasteiger charge is 2.37. The van der Waals surface area contributed by atoms with E-state index in [2.05, 4.69) is 10.3 Å². The number of nitrogens with one attached hydrogen (secondary N) is 2. The monoisotopic (exact) mass is 284 g/mol. The van der Waals surface area contributed by atoms with Crippen LogP contribution in [0.5, 0.6) is 0 Å². The normalized spacial score (nSPS) is 27.2. The molecule has 1 unspecified atom stereocenters. The first-order valence-corrected chi connectivity index (χ1v) is 5.96. The van der Waals surface area contributed by atoms with E-state index in [4.69, 9.17) is 9.84 Å². The first kappa shape index (κ1) is 14.4. The average Bonchev–Trinajstić information content (AvgIpc) is 2.71. The van der Waals surface area contributed by atoms with Crippen LogP contribution in [0, 0.1) is 0 Å². The Morgan fingerprint density at radius 2 is 2.35 bits per heavy atom. The Morgan fingerprint density at radius 1 is 1.65 bits per heavy atom. The number of hydrogen-bond acceptors (Lipinski definition) is 6. The molecule has 9 heteroatoms. The molecule has 1 aromatic rings. The van der Waals surface area contributed by atoms with Crippen LogP contribution in [0.15, 0.2) is 21.9 Å². The Kier molecular flexibility index (Phi) is 4.02. The van der Waals surface area contributed by atoms with E-state index in [9.17, 15) is 19.5 Å². The molecule has 110 valence electrons. The Bertz CT molecular complexity index is 607. The molecule has 0 aromatic carbocycles. The van der Waals surface area contributed by atoms with Crippen LogP contribution in [0.2, 0.25) is 0 Å². The number of nitrogens with zero attached hydrogens (tertiary/aromatic N) is 1. The van der Waals surface area contributed by atoms with Gasteiger partial charge >= 0.3 is 5.69 Å². The third-order valence-electron chi connectivity index (χ3n) is 3.00. The lowest BCUT2D eigenvalue weighted by Gasteiger charge is -2.27. The van der Waals surface area contributed by atoms with Gasteiger partial charge in [-0.1, -0.05) is 0 Å². The number of ether oxygens (including phenoxy) is 1. The topological polar surface area (TPSA) is 136 Å². The van der Waals surface area contributed by atoms with Crippen molar-refractivity contribution in [2.24, 2.45) is 0 Å². The number of rotatable bonds is 3. The van der Waals surface area contributed by atoms with Gasteiger partial charge in [0.15, 0.2) is 0 Å². The fourth-order valence-electron chi connectivity index (χ4n) is 2.18. The second-order valence-electron chi connectivity index (χ2n) is 4.51. The van der Waals surface area contributed by atoms with E-state index in [1.165, 1.54) is 13.1 Å². The van der Waals surface area contributed by atoms with Crippen LogP contribution in [0.3, 0.4) is 0 Å². The maximum Gasteiger partial charge on any atom is 0.330 e. The number of H-pyrrole nitrogens is 1. The maximum atomic E-state index is 11.6. The molecule has 9 nitrogen and oxygen atoms in total. The van der Waals surface area contributed by atoms with Crippen molar-refractivity contribution in [3.63, 3.8) is 0 Å². The van der Waals surface area contributed by atoms with Crippen LogP contribution in [0.4, 0.5) is 0 Å². The van der Waals surface area contributed by atoms with Crippen molar-refractivity contribution in [1.82, 2.24) is 14.9 Å². The summed E-state index contributed by atoms with van der Waals surface area (Å²) in [5, 5.41) is 22.8. The second kappa shape index (κ2) is 5.57. The molecule has 0 spiro atoms. The molecule has 0 radical (unpaired) electrons. The minimum absolute atomic E-state index is 0.134. The summed E-state index contributed by atoms with van der Waals surface area (Å²) in [7, 11) is 0. The minimum Gasteiger partial charge on any atom is -0.829 e. The molecule has 1 fully saturated rings. The van der Waals surface area contributed by atoms with Crippen LogP contribution in [0.25, 0.3) is 0 Å². The largest absolute Gasteiger partial charge is 0.829 e. The first-order chi connectivity index (χ1) is 9.38. The van der Waals surface area contributed by atoms with Gasteiger partial charge in [-0.25, -0.2) is 4.79 Å². The van der Waals surface area contributed by atoms with Gasteiger partial charge in [0.05, 0.1) is 12.1 Å². The quantitative estimate of drug-likeness (QED) is 0.506. The highest BCUT2D eigenvalue weighted by atomic mass is 16.6. The molecule has 1 amide bonds. The fraction of sp³-hybridized carbons (Fsp3) is 0.545. The van der Waals surface area contributed by atoms with Crippen molar-refractivity contribution in [1.29, 1.82) is 0 Å². The third-order valence-corrected chi connectivity index (χ3v) is 3.00. The van der Waals surface area contributed by atoms with Crippen LogP contribution >= 0.6 is 0 Å². The van der Waals surface area contributed by atoms with Crippen LogP contribution in [0.1, 0.15) is 19.6 Å². The lowest BCUT2D eigenvalue weighted by atomic mass is 10.1. The molecule has 20 heavy (non-hydrogen) atoms. The SMILES string of the molecule is CC(=O)N[C@H]1C[C@H](n2ccc(=O)[nH]c2=O)O[C@@H]1C([O-])O. The molecular weight excluding hydrogens is 270 g/mol. The average molecular weight is 284 g/mol. The highest BCUT2D eigenvalue weighted by molar-refractivity contribution is 5.73. The summed E-state index contributed by atoms with van der Waals surface area (Å²) in [4.78, 5) is 35.7. The number of carbonyl (C=O) groups excluding carboxylic acids is 1. The maximum absolute atomic E-state index is 11.6. The van der Waals surface area contributed by atoms with Crippen molar-refractivity contribution < 1.29 is 19.7 Å². The molecule has 1 aromatic heterocycles. The molecule has 1 saturated heterocycles. The van der Waals surface area contributed by atoms with Gasteiger partial charge < -0.3 is 20.3 Å². The van der Waals surface area contributed by atoms with Crippen molar-refractivity contribution >= 4 is 5.91 Å². The molecule has 0 aliphatic carbocycles. The number of aliphatic hydroxyl groups excluding tert-OH is 1. The zero-order chi connectivity index (χ0) is 14.9. The third kappa shape index (κ3) is 2.95. The molecule has 1 aliphatic heterocycles. The summed E-state index contributed by atoms with van der Waals surface area (Å²) in [5.74, 6) is -0.376. The van der Waals surface area contributed by atoms with E-state index in [0.717, 1.165) is 10.6 Å². The lowest BCUT2D eigenvalue weighted by molar-refractivity contribution is -0.501. The van der Waals surface area contributed by atoms with Crippen LogP contribution in [-0.2, 0) is 9.53 Å². The van der Waals surface area contributed by atoms with E-state index in [-0.39, 0.29) is 12.3 Å². The van der Waals surface area contributed by atoms with Crippen molar-refractivity contribution in [3.05, 3.63) is 33.1 Å². The number of aromatic nitrogens is 2. The summed E-state index contributed by atoms with van der Waals surface area (Å²) in [5.41, 5.74) is -1.24. The molecular formula is C11H14N3O6-. The van der Waals surface area contributed by atoms with Gasteiger partial charge in [0.25, 0.3) is 5.56 Å².